The van der Waals surface area contributed by atoms with Crippen LogP contribution >= 0.6 is 0 Å². The maximum atomic E-state index is 10.5. The molecule has 0 bridgehead atoms. The number of aliphatic hydroxyl groups is 1. The molecule has 0 radical (unpaired) electrons. The van der Waals surface area contributed by atoms with Crippen LogP contribution in [0.1, 0.15) is 71.0 Å². The summed E-state index contributed by atoms with van der Waals surface area (Å²) in [5, 5.41) is 15.1. The fraction of sp³-hybridized carbons (Fsp3) is 0.812. The first-order valence-electron chi connectivity index (χ1n) is 7.77. The summed E-state index contributed by atoms with van der Waals surface area (Å²) in [6.45, 7) is 6.59. The minimum Gasteiger partial charge on any atom is -0.392 e. The molecule has 1 aliphatic carbocycles. The minimum absolute atomic E-state index is 0.0956. The highest BCUT2D eigenvalue weighted by molar-refractivity contribution is 5.03. The van der Waals surface area contributed by atoms with Gasteiger partial charge in [-0.1, -0.05) is 33.1 Å². The number of hydrogen-bond donors (Lipinski definition) is 1. The highest BCUT2D eigenvalue weighted by Gasteiger charge is 2.34. The number of nitrogens with zero attached hydrogens (tertiary/aromatic N) is 2. The molecule has 2 unspecified atom stereocenters. The van der Waals surface area contributed by atoms with Crippen molar-refractivity contribution in [3.8, 4) is 0 Å². The molecule has 0 amide bonds. The summed E-state index contributed by atoms with van der Waals surface area (Å²) in [6.07, 6.45) is 9.71. The van der Waals surface area contributed by atoms with Crippen LogP contribution in [-0.4, -0.2) is 21.0 Å². The van der Waals surface area contributed by atoms with Crippen molar-refractivity contribution >= 4 is 0 Å². The third-order valence-corrected chi connectivity index (χ3v) is 4.91. The summed E-state index contributed by atoms with van der Waals surface area (Å²) >= 11 is 0. The van der Waals surface area contributed by atoms with Crippen LogP contribution in [0.15, 0.2) is 12.3 Å². The van der Waals surface area contributed by atoms with E-state index in [2.05, 4.69) is 31.9 Å². The van der Waals surface area contributed by atoms with Gasteiger partial charge >= 0.3 is 0 Å². The summed E-state index contributed by atoms with van der Waals surface area (Å²) in [5.41, 5.74) is 1.12. The van der Waals surface area contributed by atoms with Crippen LogP contribution in [-0.2, 0) is 6.42 Å². The average molecular weight is 264 g/mol. The molecule has 2 rings (SSSR count). The topological polar surface area (TPSA) is 38.0 Å². The second-order valence-electron chi connectivity index (χ2n) is 6.48. The van der Waals surface area contributed by atoms with E-state index >= 15 is 0 Å². The molecular formula is C16H28N2O. The lowest BCUT2D eigenvalue weighted by atomic mass is 9.71. The Morgan fingerprint density at radius 2 is 2.05 bits per heavy atom. The van der Waals surface area contributed by atoms with E-state index in [1.807, 2.05) is 10.9 Å². The lowest BCUT2D eigenvalue weighted by molar-refractivity contribution is 0.00967. The molecule has 0 saturated heterocycles. The fourth-order valence-corrected chi connectivity index (χ4v) is 3.06. The molecule has 3 heteroatoms. The van der Waals surface area contributed by atoms with Crippen molar-refractivity contribution in [3.05, 3.63) is 18.0 Å². The van der Waals surface area contributed by atoms with Crippen LogP contribution < -0.4 is 0 Å². The maximum absolute atomic E-state index is 10.5. The van der Waals surface area contributed by atoms with Crippen LogP contribution in [0.25, 0.3) is 0 Å². The van der Waals surface area contributed by atoms with E-state index in [1.54, 1.807) is 0 Å². The average Bonchev–Trinajstić information content (AvgIpc) is 2.87. The predicted octanol–water partition coefficient (Wildman–Crippen LogP) is 3.73. The first-order chi connectivity index (χ1) is 9.05. The van der Waals surface area contributed by atoms with Gasteiger partial charge in [-0.3, -0.25) is 4.68 Å². The van der Waals surface area contributed by atoms with Crippen molar-refractivity contribution in [2.24, 2.45) is 5.41 Å². The van der Waals surface area contributed by atoms with Crippen LogP contribution in [0.2, 0.25) is 0 Å². The minimum atomic E-state index is -0.256. The van der Waals surface area contributed by atoms with E-state index in [1.165, 1.54) is 19.3 Å². The fourth-order valence-electron chi connectivity index (χ4n) is 3.06. The van der Waals surface area contributed by atoms with Gasteiger partial charge in [-0.2, -0.15) is 5.10 Å². The first-order valence-corrected chi connectivity index (χ1v) is 7.77. The van der Waals surface area contributed by atoms with Gasteiger partial charge in [0.2, 0.25) is 0 Å². The Labute approximate surface area is 117 Å². The quantitative estimate of drug-likeness (QED) is 0.880. The van der Waals surface area contributed by atoms with Crippen molar-refractivity contribution in [2.45, 2.75) is 77.9 Å². The van der Waals surface area contributed by atoms with Crippen molar-refractivity contribution in [1.29, 1.82) is 0 Å². The van der Waals surface area contributed by atoms with Gasteiger partial charge in [-0.15, -0.1) is 0 Å². The van der Waals surface area contributed by atoms with Gasteiger partial charge in [0, 0.05) is 18.7 Å². The molecule has 1 heterocycles. The van der Waals surface area contributed by atoms with Crippen LogP contribution in [0, 0.1) is 5.41 Å². The van der Waals surface area contributed by atoms with Gasteiger partial charge in [0.15, 0.2) is 0 Å². The van der Waals surface area contributed by atoms with Crippen molar-refractivity contribution in [3.63, 3.8) is 0 Å². The maximum Gasteiger partial charge on any atom is 0.0650 e. The molecule has 108 valence electrons. The molecule has 0 aromatic carbocycles. The molecule has 1 aromatic rings. The Bertz CT molecular complexity index is 393. The van der Waals surface area contributed by atoms with E-state index in [0.717, 1.165) is 25.0 Å². The van der Waals surface area contributed by atoms with Crippen LogP contribution in [0.4, 0.5) is 0 Å². The zero-order valence-corrected chi connectivity index (χ0v) is 12.6. The third kappa shape index (κ3) is 3.38. The lowest BCUT2D eigenvalue weighted by Gasteiger charge is -2.37. The summed E-state index contributed by atoms with van der Waals surface area (Å²) in [7, 11) is 0. The van der Waals surface area contributed by atoms with Crippen LogP contribution in [0.3, 0.4) is 0 Å². The Balaban J connectivity index is 1.98. The molecule has 1 aliphatic rings. The summed E-state index contributed by atoms with van der Waals surface area (Å²) < 4.78 is 2.02. The normalized spacial score (nSPS) is 22.1. The Kier molecular flexibility index (Phi) is 4.67. The zero-order valence-electron chi connectivity index (χ0n) is 12.6. The third-order valence-electron chi connectivity index (χ3n) is 4.91. The standard InChI is InChI=1S/C16H28N2O/c1-4-13(2)18-11-8-14(17-18)12-15(19)16(3)9-6-5-7-10-16/h8,11,13,15,19H,4-7,9-10,12H2,1-3H3. The molecule has 1 N–H and O–H groups in total. The summed E-state index contributed by atoms with van der Waals surface area (Å²) in [6, 6.07) is 2.50. The lowest BCUT2D eigenvalue weighted by Crippen LogP contribution is -2.36. The molecule has 0 aliphatic heterocycles. The smallest absolute Gasteiger partial charge is 0.0650 e. The number of aliphatic hydroxyl groups excluding tert-OH is 1. The van der Waals surface area contributed by atoms with Gasteiger partial charge in [0.25, 0.3) is 0 Å². The molecule has 3 nitrogen and oxygen atoms in total. The van der Waals surface area contributed by atoms with Gasteiger partial charge in [0.1, 0.15) is 0 Å². The molecule has 19 heavy (non-hydrogen) atoms. The summed E-state index contributed by atoms with van der Waals surface area (Å²) in [4.78, 5) is 0. The van der Waals surface area contributed by atoms with E-state index in [4.69, 9.17) is 0 Å². The Morgan fingerprint density at radius 1 is 1.37 bits per heavy atom. The molecular weight excluding hydrogens is 236 g/mol. The number of hydrogen-bond acceptors (Lipinski definition) is 2. The predicted molar refractivity (Wildman–Crippen MR) is 78.1 cm³/mol. The monoisotopic (exact) mass is 264 g/mol. The number of aromatic nitrogens is 2. The zero-order chi connectivity index (χ0) is 13.9. The van der Waals surface area contributed by atoms with E-state index in [9.17, 15) is 5.11 Å². The largest absolute Gasteiger partial charge is 0.392 e. The van der Waals surface area contributed by atoms with Gasteiger partial charge in [-0.25, -0.2) is 0 Å². The second kappa shape index (κ2) is 6.08. The van der Waals surface area contributed by atoms with E-state index in [0.29, 0.717) is 12.5 Å². The van der Waals surface area contributed by atoms with Crippen molar-refractivity contribution < 1.29 is 5.11 Å². The molecule has 0 spiro atoms. The van der Waals surface area contributed by atoms with E-state index < -0.39 is 0 Å². The molecule has 2 atom stereocenters. The van der Waals surface area contributed by atoms with Crippen LogP contribution in [0.5, 0.6) is 0 Å². The van der Waals surface area contributed by atoms with Crippen molar-refractivity contribution in [1.82, 2.24) is 9.78 Å². The molecule has 1 saturated carbocycles. The highest BCUT2D eigenvalue weighted by atomic mass is 16.3. The van der Waals surface area contributed by atoms with E-state index in [-0.39, 0.29) is 11.5 Å². The summed E-state index contributed by atoms with van der Waals surface area (Å²) in [5.74, 6) is 0. The first kappa shape index (κ1) is 14.6. The molecule has 1 aromatic heterocycles. The van der Waals surface area contributed by atoms with Gasteiger partial charge < -0.3 is 5.11 Å². The Morgan fingerprint density at radius 3 is 2.68 bits per heavy atom. The van der Waals surface area contributed by atoms with Gasteiger partial charge in [-0.05, 0) is 37.7 Å². The Hall–Kier alpha value is -0.830. The second-order valence-corrected chi connectivity index (χ2v) is 6.48. The van der Waals surface area contributed by atoms with Gasteiger partial charge in [0.05, 0.1) is 11.8 Å². The SMILES string of the molecule is CCC(C)n1ccc(CC(O)C2(C)CCCCC2)n1. The number of rotatable bonds is 5. The highest BCUT2D eigenvalue weighted by Crippen LogP contribution is 2.39. The molecule has 1 fully saturated rings. The van der Waals surface area contributed by atoms with Crippen molar-refractivity contribution in [2.75, 3.05) is 0 Å².